The first-order valence-electron chi connectivity index (χ1n) is 7.00. The van der Waals surface area contributed by atoms with Crippen LogP contribution in [0.4, 0.5) is 0 Å². The monoisotopic (exact) mass is 314 g/mol. The number of hydrogen-bond acceptors (Lipinski definition) is 5. The lowest BCUT2D eigenvalue weighted by atomic mass is 9.70. The van der Waals surface area contributed by atoms with Gasteiger partial charge in [0, 0.05) is 17.8 Å². The smallest absolute Gasteiger partial charge is 0.313 e. The highest BCUT2D eigenvalue weighted by molar-refractivity contribution is 7.89. The van der Waals surface area contributed by atoms with E-state index in [-0.39, 0.29) is 11.6 Å². The van der Waals surface area contributed by atoms with E-state index in [1.807, 2.05) is 4.98 Å². The molecule has 0 amide bonds. The average Bonchev–Trinajstić information content (AvgIpc) is 2.36. The van der Waals surface area contributed by atoms with Gasteiger partial charge in [-0.05, 0) is 38.6 Å². The molecule has 9 heteroatoms. The van der Waals surface area contributed by atoms with Gasteiger partial charge in [0.1, 0.15) is 0 Å². The van der Waals surface area contributed by atoms with Crippen molar-refractivity contribution in [2.24, 2.45) is 0 Å². The molecule has 1 spiro atoms. The second-order valence-corrected chi connectivity index (χ2v) is 7.49. The van der Waals surface area contributed by atoms with Gasteiger partial charge < -0.3 is 10.3 Å². The van der Waals surface area contributed by atoms with Crippen molar-refractivity contribution in [3.63, 3.8) is 0 Å². The van der Waals surface area contributed by atoms with Crippen LogP contribution >= 0.6 is 0 Å². The Morgan fingerprint density at radius 2 is 2.05 bits per heavy atom. The molecule has 0 aromatic carbocycles. The van der Waals surface area contributed by atoms with Gasteiger partial charge in [0.05, 0.1) is 0 Å². The van der Waals surface area contributed by atoms with E-state index in [0.717, 1.165) is 38.4 Å². The standard InChI is InChI=1S/C12H18N4O4S/c17-10-9(7-13-11(18)15-10)21(19,20)16-8-2-5-14-12(6-8)3-1-4-12/h7-8,14,16H,1-6H2,(H2,13,15,17,18). The van der Waals surface area contributed by atoms with Crippen LogP contribution in [0.1, 0.15) is 32.1 Å². The summed E-state index contributed by atoms with van der Waals surface area (Å²) in [5.74, 6) is 0. The summed E-state index contributed by atoms with van der Waals surface area (Å²) in [6, 6.07) is -0.192. The maximum Gasteiger partial charge on any atom is 0.325 e. The molecule has 1 aromatic rings. The Kier molecular flexibility index (Phi) is 3.50. The van der Waals surface area contributed by atoms with Gasteiger partial charge in [-0.25, -0.2) is 17.9 Å². The molecule has 116 valence electrons. The first-order chi connectivity index (χ1) is 9.90. The maximum atomic E-state index is 12.3. The second-order valence-electron chi connectivity index (χ2n) is 5.81. The van der Waals surface area contributed by atoms with E-state index in [9.17, 15) is 18.0 Å². The van der Waals surface area contributed by atoms with Crippen LogP contribution in [-0.2, 0) is 10.0 Å². The van der Waals surface area contributed by atoms with Crippen molar-refractivity contribution in [1.29, 1.82) is 0 Å². The molecule has 2 heterocycles. The van der Waals surface area contributed by atoms with Crippen LogP contribution in [0.15, 0.2) is 20.7 Å². The second kappa shape index (κ2) is 5.08. The molecule has 1 saturated carbocycles. The maximum absolute atomic E-state index is 12.3. The number of hydrogen-bond donors (Lipinski definition) is 4. The fourth-order valence-corrected chi connectivity index (χ4v) is 4.40. The molecule has 4 N–H and O–H groups in total. The third-order valence-corrected chi connectivity index (χ3v) is 5.86. The zero-order chi connectivity index (χ0) is 15.1. The number of sulfonamides is 1. The number of aromatic nitrogens is 2. The number of rotatable bonds is 3. The van der Waals surface area contributed by atoms with Gasteiger partial charge in [0.25, 0.3) is 5.56 Å². The summed E-state index contributed by atoms with van der Waals surface area (Å²) in [7, 11) is -3.93. The van der Waals surface area contributed by atoms with Crippen LogP contribution < -0.4 is 21.3 Å². The van der Waals surface area contributed by atoms with Crippen molar-refractivity contribution >= 4 is 10.0 Å². The topological polar surface area (TPSA) is 124 Å². The van der Waals surface area contributed by atoms with Crippen LogP contribution in [0.25, 0.3) is 0 Å². The zero-order valence-corrected chi connectivity index (χ0v) is 12.3. The van der Waals surface area contributed by atoms with Crippen molar-refractivity contribution in [1.82, 2.24) is 20.0 Å². The van der Waals surface area contributed by atoms with E-state index in [0.29, 0.717) is 6.42 Å². The molecular formula is C12H18N4O4S. The third-order valence-electron chi connectivity index (χ3n) is 4.34. The lowest BCUT2D eigenvalue weighted by Crippen LogP contribution is -2.59. The largest absolute Gasteiger partial charge is 0.325 e. The van der Waals surface area contributed by atoms with Crippen LogP contribution in [0.3, 0.4) is 0 Å². The molecule has 0 bridgehead atoms. The molecule has 1 atom stereocenters. The molecule has 1 unspecified atom stereocenters. The van der Waals surface area contributed by atoms with Gasteiger partial charge in [-0.15, -0.1) is 0 Å². The average molecular weight is 314 g/mol. The highest BCUT2D eigenvalue weighted by Crippen LogP contribution is 2.38. The van der Waals surface area contributed by atoms with Gasteiger partial charge in [-0.1, -0.05) is 0 Å². The summed E-state index contributed by atoms with van der Waals surface area (Å²) < 4.78 is 27.1. The minimum atomic E-state index is -3.93. The lowest BCUT2D eigenvalue weighted by Gasteiger charge is -2.48. The van der Waals surface area contributed by atoms with Gasteiger partial charge in [0.15, 0.2) is 4.90 Å². The normalized spacial score (nSPS) is 24.7. The summed E-state index contributed by atoms with van der Waals surface area (Å²) in [5, 5.41) is 3.46. The SMILES string of the molecule is O=c1[nH]cc(S(=O)(=O)NC2CCNC3(CCC3)C2)c(=O)[nH]1. The molecule has 1 saturated heterocycles. The first kappa shape index (κ1) is 14.5. The van der Waals surface area contributed by atoms with Gasteiger partial charge in [0.2, 0.25) is 10.0 Å². The fraction of sp³-hybridized carbons (Fsp3) is 0.667. The quantitative estimate of drug-likeness (QED) is 0.571. The molecule has 0 radical (unpaired) electrons. The van der Waals surface area contributed by atoms with E-state index < -0.39 is 26.2 Å². The Morgan fingerprint density at radius 3 is 2.67 bits per heavy atom. The lowest BCUT2D eigenvalue weighted by molar-refractivity contribution is 0.126. The highest BCUT2D eigenvalue weighted by atomic mass is 32.2. The summed E-state index contributed by atoms with van der Waals surface area (Å²) in [6.07, 6.45) is 5.63. The summed E-state index contributed by atoms with van der Waals surface area (Å²) in [5.41, 5.74) is -1.57. The highest BCUT2D eigenvalue weighted by Gasteiger charge is 2.42. The summed E-state index contributed by atoms with van der Waals surface area (Å²) >= 11 is 0. The van der Waals surface area contributed by atoms with Gasteiger partial charge in [-0.2, -0.15) is 0 Å². The summed E-state index contributed by atoms with van der Waals surface area (Å²) in [6.45, 7) is 0.759. The molecule has 3 rings (SSSR count). The Bertz CT molecular complexity index is 747. The Labute approximate surface area is 121 Å². The van der Waals surface area contributed by atoms with Gasteiger partial charge in [-0.3, -0.25) is 9.78 Å². The minimum Gasteiger partial charge on any atom is -0.313 e. The minimum absolute atomic E-state index is 0.0584. The molecule has 1 aliphatic carbocycles. The molecule has 1 aromatic heterocycles. The van der Waals surface area contributed by atoms with E-state index in [1.54, 1.807) is 0 Å². The molecule has 2 aliphatic rings. The van der Waals surface area contributed by atoms with E-state index in [2.05, 4.69) is 15.0 Å². The Balaban J connectivity index is 1.79. The van der Waals surface area contributed by atoms with Crippen molar-refractivity contribution in [3.05, 3.63) is 27.0 Å². The van der Waals surface area contributed by atoms with Crippen molar-refractivity contribution in [2.45, 2.75) is 48.6 Å². The van der Waals surface area contributed by atoms with Crippen molar-refractivity contribution in [3.8, 4) is 0 Å². The van der Waals surface area contributed by atoms with Crippen LogP contribution in [0.2, 0.25) is 0 Å². The Morgan fingerprint density at radius 1 is 1.29 bits per heavy atom. The Hall–Kier alpha value is -1.45. The van der Waals surface area contributed by atoms with Crippen LogP contribution in [0, 0.1) is 0 Å². The molecule has 1 aliphatic heterocycles. The zero-order valence-electron chi connectivity index (χ0n) is 11.4. The number of nitrogens with one attached hydrogen (secondary N) is 4. The van der Waals surface area contributed by atoms with E-state index in [4.69, 9.17) is 0 Å². The van der Waals surface area contributed by atoms with Crippen LogP contribution in [0.5, 0.6) is 0 Å². The van der Waals surface area contributed by atoms with Crippen molar-refractivity contribution in [2.75, 3.05) is 6.54 Å². The fourth-order valence-electron chi connectivity index (χ4n) is 3.12. The molecule has 2 fully saturated rings. The first-order valence-corrected chi connectivity index (χ1v) is 8.48. The molecule has 21 heavy (non-hydrogen) atoms. The third kappa shape index (κ3) is 2.81. The number of H-pyrrole nitrogens is 2. The predicted molar refractivity (Wildman–Crippen MR) is 75.6 cm³/mol. The number of piperidine rings is 1. The molecular weight excluding hydrogens is 296 g/mol. The predicted octanol–water partition coefficient (Wildman–Crippen LogP) is -0.984. The van der Waals surface area contributed by atoms with Gasteiger partial charge >= 0.3 is 5.69 Å². The summed E-state index contributed by atoms with van der Waals surface area (Å²) in [4.78, 5) is 26.2. The van der Waals surface area contributed by atoms with Crippen molar-refractivity contribution < 1.29 is 8.42 Å². The van der Waals surface area contributed by atoms with E-state index in [1.165, 1.54) is 0 Å². The molecule has 8 nitrogen and oxygen atoms in total. The van der Waals surface area contributed by atoms with Crippen LogP contribution in [-0.4, -0.2) is 36.5 Å². The number of aromatic amines is 2. The van der Waals surface area contributed by atoms with E-state index >= 15 is 0 Å².